The predicted molar refractivity (Wildman–Crippen MR) is 112 cm³/mol. The Morgan fingerprint density at radius 2 is 1.77 bits per heavy atom. The van der Waals surface area contributed by atoms with Crippen LogP contribution in [0.1, 0.15) is 41.7 Å². The lowest BCUT2D eigenvalue weighted by molar-refractivity contribution is 0.277. The van der Waals surface area contributed by atoms with Crippen molar-refractivity contribution in [3.63, 3.8) is 0 Å². The van der Waals surface area contributed by atoms with Crippen molar-refractivity contribution in [3.05, 3.63) is 57.8 Å². The van der Waals surface area contributed by atoms with Crippen LogP contribution < -0.4 is 10.6 Å². The fourth-order valence-corrected chi connectivity index (χ4v) is 4.03. The second-order valence-corrected chi connectivity index (χ2v) is 7.90. The van der Waals surface area contributed by atoms with E-state index in [2.05, 4.69) is 62.3 Å². The van der Waals surface area contributed by atoms with Crippen LogP contribution in [0.25, 0.3) is 0 Å². The molecule has 0 atom stereocenters. The summed E-state index contributed by atoms with van der Waals surface area (Å²) in [5.74, 6) is 0.844. The molecule has 1 aliphatic rings. The Hall–Kier alpha value is -1.85. The number of rotatable bonds is 6. The van der Waals surface area contributed by atoms with E-state index in [9.17, 15) is 0 Å². The Morgan fingerprint density at radius 3 is 2.50 bits per heavy atom. The van der Waals surface area contributed by atoms with E-state index in [4.69, 9.17) is 0 Å². The highest BCUT2D eigenvalue weighted by atomic mass is 32.1. The van der Waals surface area contributed by atoms with Gasteiger partial charge in [0.05, 0.1) is 6.54 Å². The van der Waals surface area contributed by atoms with E-state index >= 15 is 0 Å². The van der Waals surface area contributed by atoms with E-state index in [1.807, 2.05) is 7.05 Å². The summed E-state index contributed by atoms with van der Waals surface area (Å²) in [6.07, 6.45) is 5.46. The summed E-state index contributed by atoms with van der Waals surface area (Å²) >= 11 is 1.76. The molecular weight excluding hydrogens is 340 g/mol. The van der Waals surface area contributed by atoms with Crippen molar-refractivity contribution in [3.8, 4) is 0 Å². The Balaban J connectivity index is 1.49. The minimum atomic E-state index is 0.790. The smallest absolute Gasteiger partial charge is 0.191 e. The number of hydrogen-bond acceptors (Lipinski definition) is 3. The summed E-state index contributed by atoms with van der Waals surface area (Å²) in [5.41, 5.74) is 2.71. The van der Waals surface area contributed by atoms with Gasteiger partial charge in [-0.1, -0.05) is 43.2 Å². The highest BCUT2D eigenvalue weighted by Gasteiger charge is 2.09. The van der Waals surface area contributed by atoms with Crippen molar-refractivity contribution in [1.82, 2.24) is 15.5 Å². The molecule has 0 spiro atoms. The monoisotopic (exact) mass is 370 g/mol. The molecule has 140 valence electrons. The Kier molecular flexibility index (Phi) is 7.52. The SMILES string of the molecule is CN=C(NCc1cccc(CN2CCCCCC2)c1)NCc1cccs1. The van der Waals surface area contributed by atoms with Crippen LogP contribution in [0.5, 0.6) is 0 Å². The number of benzene rings is 1. The molecule has 0 radical (unpaired) electrons. The molecule has 4 nitrogen and oxygen atoms in total. The maximum Gasteiger partial charge on any atom is 0.191 e. The van der Waals surface area contributed by atoms with Gasteiger partial charge in [-0.3, -0.25) is 9.89 Å². The first kappa shape index (κ1) is 18.9. The second-order valence-electron chi connectivity index (χ2n) is 6.87. The summed E-state index contributed by atoms with van der Waals surface area (Å²) in [4.78, 5) is 8.23. The molecule has 1 fully saturated rings. The molecular formula is C21H30N4S. The lowest BCUT2D eigenvalue weighted by Gasteiger charge is -2.20. The summed E-state index contributed by atoms with van der Waals surface area (Å²) in [5, 5.41) is 8.89. The third-order valence-electron chi connectivity index (χ3n) is 4.79. The molecule has 5 heteroatoms. The molecule has 2 aromatic rings. The summed E-state index contributed by atoms with van der Waals surface area (Å²) in [6.45, 7) is 5.15. The van der Waals surface area contributed by atoms with Gasteiger partial charge in [-0.25, -0.2) is 0 Å². The van der Waals surface area contributed by atoms with E-state index in [-0.39, 0.29) is 0 Å². The number of nitrogens with one attached hydrogen (secondary N) is 2. The van der Waals surface area contributed by atoms with Crippen molar-refractivity contribution in [2.75, 3.05) is 20.1 Å². The lowest BCUT2D eigenvalue weighted by Crippen LogP contribution is -2.36. The number of thiophene rings is 1. The first-order chi connectivity index (χ1) is 12.8. The molecule has 0 aliphatic carbocycles. The Labute approximate surface area is 161 Å². The Bertz CT molecular complexity index is 673. The summed E-state index contributed by atoms with van der Waals surface area (Å²) < 4.78 is 0. The molecule has 1 aromatic heterocycles. The molecule has 0 amide bonds. The molecule has 0 saturated carbocycles. The van der Waals surface area contributed by atoms with Crippen LogP contribution >= 0.6 is 11.3 Å². The van der Waals surface area contributed by atoms with Gasteiger partial charge in [0.15, 0.2) is 5.96 Å². The largest absolute Gasteiger partial charge is 0.352 e. The fourth-order valence-electron chi connectivity index (χ4n) is 3.38. The molecule has 1 saturated heterocycles. The number of aliphatic imine (C=N–C) groups is 1. The predicted octanol–water partition coefficient (Wildman–Crippen LogP) is 3.99. The number of nitrogens with zero attached hydrogens (tertiary/aromatic N) is 2. The van der Waals surface area contributed by atoms with Gasteiger partial charge in [0.2, 0.25) is 0 Å². The highest BCUT2D eigenvalue weighted by Crippen LogP contribution is 2.14. The van der Waals surface area contributed by atoms with Gasteiger partial charge in [0.1, 0.15) is 0 Å². The van der Waals surface area contributed by atoms with Crippen LogP contribution in [0.15, 0.2) is 46.8 Å². The molecule has 1 aliphatic heterocycles. The fraction of sp³-hybridized carbons (Fsp3) is 0.476. The molecule has 3 rings (SSSR count). The molecule has 2 N–H and O–H groups in total. The normalized spacial score (nSPS) is 16.3. The van der Waals surface area contributed by atoms with E-state index in [0.717, 1.165) is 25.6 Å². The van der Waals surface area contributed by atoms with Crippen LogP contribution in [0, 0.1) is 0 Å². The van der Waals surface area contributed by atoms with E-state index in [1.165, 1.54) is 54.8 Å². The second kappa shape index (κ2) is 10.3. The molecule has 2 heterocycles. The quantitative estimate of drug-likeness (QED) is 0.597. The molecule has 0 unspecified atom stereocenters. The van der Waals surface area contributed by atoms with Gasteiger partial charge in [0, 0.05) is 25.0 Å². The van der Waals surface area contributed by atoms with Gasteiger partial charge < -0.3 is 10.6 Å². The third-order valence-corrected chi connectivity index (χ3v) is 5.67. The van der Waals surface area contributed by atoms with Crippen molar-refractivity contribution >= 4 is 17.3 Å². The minimum Gasteiger partial charge on any atom is -0.352 e. The summed E-state index contributed by atoms with van der Waals surface area (Å²) in [7, 11) is 1.82. The van der Waals surface area contributed by atoms with Gasteiger partial charge in [-0.05, 0) is 48.5 Å². The first-order valence-corrected chi connectivity index (χ1v) is 10.5. The van der Waals surface area contributed by atoms with Gasteiger partial charge >= 0.3 is 0 Å². The number of likely N-dealkylation sites (tertiary alicyclic amines) is 1. The maximum atomic E-state index is 4.32. The first-order valence-electron chi connectivity index (χ1n) is 9.60. The van der Waals surface area contributed by atoms with Crippen LogP contribution in [0.3, 0.4) is 0 Å². The number of guanidine groups is 1. The van der Waals surface area contributed by atoms with Crippen LogP contribution in [-0.2, 0) is 19.6 Å². The zero-order chi connectivity index (χ0) is 18.0. The summed E-state index contributed by atoms with van der Waals surface area (Å²) in [6, 6.07) is 13.1. The molecule has 1 aromatic carbocycles. The van der Waals surface area contributed by atoms with Gasteiger partial charge in [-0.2, -0.15) is 0 Å². The zero-order valence-electron chi connectivity index (χ0n) is 15.7. The van der Waals surface area contributed by atoms with Gasteiger partial charge in [0.25, 0.3) is 0 Å². The molecule has 0 bridgehead atoms. The molecule has 26 heavy (non-hydrogen) atoms. The van der Waals surface area contributed by atoms with E-state index < -0.39 is 0 Å². The van der Waals surface area contributed by atoms with Crippen molar-refractivity contribution in [2.24, 2.45) is 4.99 Å². The third kappa shape index (κ3) is 6.15. The van der Waals surface area contributed by atoms with Crippen LogP contribution in [0.2, 0.25) is 0 Å². The number of hydrogen-bond donors (Lipinski definition) is 2. The average Bonchev–Trinajstić information content (AvgIpc) is 3.06. The van der Waals surface area contributed by atoms with Crippen LogP contribution in [0.4, 0.5) is 0 Å². The Morgan fingerprint density at radius 1 is 1.00 bits per heavy atom. The average molecular weight is 371 g/mol. The van der Waals surface area contributed by atoms with Crippen molar-refractivity contribution in [2.45, 2.75) is 45.3 Å². The van der Waals surface area contributed by atoms with E-state index in [1.54, 1.807) is 11.3 Å². The topological polar surface area (TPSA) is 39.7 Å². The van der Waals surface area contributed by atoms with Crippen molar-refractivity contribution < 1.29 is 0 Å². The zero-order valence-corrected chi connectivity index (χ0v) is 16.5. The van der Waals surface area contributed by atoms with Gasteiger partial charge in [-0.15, -0.1) is 11.3 Å². The minimum absolute atomic E-state index is 0.790. The van der Waals surface area contributed by atoms with Crippen LogP contribution in [-0.4, -0.2) is 31.0 Å². The lowest BCUT2D eigenvalue weighted by atomic mass is 10.1. The van der Waals surface area contributed by atoms with Crippen molar-refractivity contribution in [1.29, 1.82) is 0 Å². The maximum absolute atomic E-state index is 4.32. The van der Waals surface area contributed by atoms with E-state index in [0.29, 0.717) is 0 Å². The standard InChI is InChI=1S/C21H30N4S/c1-22-21(24-16-20-10-7-13-26-20)23-15-18-8-6-9-19(14-18)17-25-11-4-2-3-5-12-25/h6-10,13-14H,2-5,11-12,15-17H2,1H3,(H2,22,23,24). The highest BCUT2D eigenvalue weighted by molar-refractivity contribution is 7.09.